The molecule has 2 N–H and O–H groups in total. The summed E-state index contributed by atoms with van der Waals surface area (Å²) in [5, 5.41) is 5.85. The van der Waals surface area contributed by atoms with E-state index >= 15 is 0 Å². The second-order valence-electron chi connectivity index (χ2n) is 3.77. The number of amides is 1. The van der Waals surface area contributed by atoms with Crippen LogP contribution in [0, 0.1) is 6.92 Å². The first-order valence-corrected chi connectivity index (χ1v) is 6.38. The fourth-order valence-corrected chi connectivity index (χ4v) is 2.07. The van der Waals surface area contributed by atoms with Crippen LogP contribution in [0.4, 0.5) is 5.69 Å². The quantitative estimate of drug-likeness (QED) is 0.882. The third kappa shape index (κ3) is 2.84. The molecule has 0 aliphatic heterocycles. The van der Waals surface area contributed by atoms with E-state index in [9.17, 15) is 4.79 Å². The fourth-order valence-electron chi connectivity index (χ4n) is 1.54. The number of aryl methyl sites for hydroxylation is 1. The minimum absolute atomic E-state index is 0.139. The number of carbonyl (C=O) groups is 1. The molecular formula is C12H14N4OS. The fraction of sp³-hybridized carbons (Fsp3) is 0.250. The van der Waals surface area contributed by atoms with E-state index in [2.05, 4.69) is 20.6 Å². The number of rotatable bonds is 4. The van der Waals surface area contributed by atoms with Crippen molar-refractivity contribution in [2.24, 2.45) is 0 Å². The summed E-state index contributed by atoms with van der Waals surface area (Å²) in [6.07, 6.45) is 3.33. The highest BCUT2D eigenvalue weighted by Crippen LogP contribution is 2.15. The van der Waals surface area contributed by atoms with Crippen LogP contribution in [0.25, 0.3) is 0 Å². The number of thiazole rings is 1. The number of pyridine rings is 1. The van der Waals surface area contributed by atoms with Crippen LogP contribution in [0.2, 0.25) is 0 Å². The van der Waals surface area contributed by atoms with E-state index in [1.165, 1.54) is 11.3 Å². The summed E-state index contributed by atoms with van der Waals surface area (Å²) >= 11 is 1.52. The number of hydrogen-bond acceptors (Lipinski definition) is 5. The summed E-state index contributed by atoms with van der Waals surface area (Å²) in [4.78, 5) is 21.2. The van der Waals surface area contributed by atoms with E-state index in [1.807, 2.05) is 13.0 Å². The maximum Gasteiger partial charge on any atom is 0.255 e. The number of nitrogens with zero attached hydrogens (tertiary/aromatic N) is 2. The number of aromatic nitrogens is 2. The predicted octanol–water partition coefficient (Wildman–Crippen LogP) is 1.82. The van der Waals surface area contributed by atoms with Gasteiger partial charge in [-0.2, -0.15) is 0 Å². The van der Waals surface area contributed by atoms with Gasteiger partial charge in [0.25, 0.3) is 5.91 Å². The van der Waals surface area contributed by atoms with Crippen LogP contribution in [0.15, 0.2) is 24.0 Å². The molecule has 6 heteroatoms. The Kier molecular flexibility index (Phi) is 3.88. The van der Waals surface area contributed by atoms with E-state index in [0.717, 1.165) is 16.3 Å². The normalized spacial score (nSPS) is 10.1. The second kappa shape index (κ2) is 5.59. The van der Waals surface area contributed by atoms with Gasteiger partial charge in [0.1, 0.15) is 0 Å². The average molecular weight is 262 g/mol. The lowest BCUT2D eigenvalue weighted by molar-refractivity contribution is 0.0951. The third-order valence-electron chi connectivity index (χ3n) is 2.46. The number of nitrogens with one attached hydrogen (secondary N) is 2. The Morgan fingerprint density at radius 3 is 2.94 bits per heavy atom. The van der Waals surface area contributed by atoms with E-state index in [0.29, 0.717) is 12.1 Å². The van der Waals surface area contributed by atoms with Crippen molar-refractivity contribution in [2.45, 2.75) is 13.5 Å². The summed E-state index contributed by atoms with van der Waals surface area (Å²) in [6.45, 7) is 2.38. The van der Waals surface area contributed by atoms with Crippen molar-refractivity contribution in [3.8, 4) is 0 Å². The van der Waals surface area contributed by atoms with Crippen LogP contribution in [0.1, 0.15) is 20.9 Å². The largest absolute Gasteiger partial charge is 0.387 e. The van der Waals surface area contributed by atoms with Crippen molar-refractivity contribution in [2.75, 3.05) is 12.4 Å². The monoisotopic (exact) mass is 262 g/mol. The van der Waals surface area contributed by atoms with Crippen molar-refractivity contribution in [1.82, 2.24) is 15.3 Å². The molecule has 2 aromatic rings. The molecule has 0 aliphatic rings. The molecule has 0 radical (unpaired) electrons. The van der Waals surface area contributed by atoms with Gasteiger partial charge in [-0.05, 0) is 13.0 Å². The highest BCUT2D eigenvalue weighted by molar-refractivity contribution is 7.09. The van der Waals surface area contributed by atoms with Gasteiger partial charge >= 0.3 is 0 Å². The lowest BCUT2D eigenvalue weighted by atomic mass is 10.2. The SMILES string of the molecule is CNc1cc(C)ncc1C(=O)NCc1cncs1. The Hall–Kier alpha value is -1.95. The first kappa shape index (κ1) is 12.5. The van der Waals surface area contributed by atoms with Gasteiger partial charge < -0.3 is 10.6 Å². The summed E-state index contributed by atoms with van der Waals surface area (Å²) in [5.41, 5.74) is 3.95. The Balaban J connectivity index is 2.09. The minimum Gasteiger partial charge on any atom is -0.387 e. The molecule has 0 saturated heterocycles. The standard InChI is InChI=1S/C12H14N4OS/c1-8-3-11(13-2)10(6-15-8)12(17)16-5-9-4-14-7-18-9/h3-4,6-7H,5H2,1-2H3,(H,13,15)(H,16,17). The lowest BCUT2D eigenvalue weighted by Crippen LogP contribution is -2.23. The molecule has 0 fully saturated rings. The van der Waals surface area contributed by atoms with Crippen molar-refractivity contribution < 1.29 is 4.79 Å². The summed E-state index contributed by atoms with van der Waals surface area (Å²) < 4.78 is 0. The molecule has 2 heterocycles. The van der Waals surface area contributed by atoms with Crippen molar-refractivity contribution in [3.05, 3.63) is 40.1 Å². The molecule has 18 heavy (non-hydrogen) atoms. The zero-order valence-electron chi connectivity index (χ0n) is 10.2. The van der Waals surface area contributed by atoms with Gasteiger partial charge in [-0.1, -0.05) is 0 Å². The van der Waals surface area contributed by atoms with E-state index in [4.69, 9.17) is 0 Å². The Morgan fingerprint density at radius 1 is 1.44 bits per heavy atom. The minimum atomic E-state index is -0.139. The van der Waals surface area contributed by atoms with Crippen molar-refractivity contribution >= 4 is 22.9 Å². The molecule has 2 rings (SSSR count). The maximum atomic E-state index is 12.0. The molecule has 2 aromatic heterocycles. The molecule has 0 unspecified atom stereocenters. The Morgan fingerprint density at radius 2 is 2.28 bits per heavy atom. The van der Waals surface area contributed by atoms with Crippen molar-refractivity contribution in [1.29, 1.82) is 0 Å². The van der Waals surface area contributed by atoms with Gasteiger partial charge in [0.15, 0.2) is 0 Å². The second-order valence-corrected chi connectivity index (χ2v) is 4.74. The van der Waals surface area contributed by atoms with Gasteiger partial charge in [0, 0.05) is 30.0 Å². The number of carbonyl (C=O) groups excluding carboxylic acids is 1. The topological polar surface area (TPSA) is 66.9 Å². The molecule has 0 spiro atoms. The van der Waals surface area contributed by atoms with E-state index in [-0.39, 0.29) is 5.91 Å². The molecular weight excluding hydrogens is 248 g/mol. The molecule has 5 nitrogen and oxygen atoms in total. The molecule has 0 aliphatic carbocycles. The molecule has 0 saturated carbocycles. The predicted molar refractivity (Wildman–Crippen MR) is 71.8 cm³/mol. The van der Waals surface area contributed by atoms with Crippen LogP contribution >= 0.6 is 11.3 Å². The lowest BCUT2D eigenvalue weighted by Gasteiger charge is -2.09. The van der Waals surface area contributed by atoms with Crippen LogP contribution in [-0.2, 0) is 6.54 Å². The number of hydrogen-bond donors (Lipinski definition) is 2. The van der Waals surface area contributed by atoms with E-state index < -0.39 is 0 Å². The van der Waals surface area contributed by atoms with Gasteiger partial charge in [0.05, 0.1) is 23.3 Å². The third-order valence-corrected chi connectivity index (χ3v) is 3.24. The summed E-state index contributed by atoms with van der Waals surface area (Å²) in [6, 6.07) is 1.85. The first-order chi connectivity index (χ1) is 8.70. The zero-order valence-corrected chi connectivity index (χ0v) is 11.0. The first-order valence-electron chi connectivity index (χ1n) is 5.50. The Bertz CT molecular complexity index is 539. The highest BCUT2D eigenvalue weighted by atomic mass is 32.1. The van der Waals surface area contributed by atoms with Crippen molar-refractivity contribution in [3.63, 3.8) is 0 Å². The summed E-state index contributed by atoms with van der Waals surface area (Å²) in [7, 11) is 1.79. The molecule has 0 aromatic carbocycles. The van der Waals surface area contributed by atoms with Crippen LogP contribution < -0.4 is 10.6 Å². The van der Waals surface area contributed by atoms with Crippen LogP contribution in [0.5, 0.6) is 0 Å². The van der Waals surface area contributed by atoms with Gasteiger partial charge in [-0.15, -0.1) is 11.3 Å². The molecule has 0 bridgehead atoms. The molecule has 0 atom stereocenters. The maximum absolute atomic E-state index is 12.0. The van der Waals surface area contributed by atoms with Crippen LogP contribution in [0.3, 0.4) is 0 Å². The smallest absolute Gasteiger partial charge is 0.255 e. The molecule has 1 amide bonds. The van der Waals surface area contributed by atoms with Crippen LogP contribution in [-0.4, -0.2) is 22.9 Å². The van der Waals surface area contributed by atoms with Gasteiger partial charge in [-0.25, -0.2) is 0 Å². The molecule has 94 valence electrons. The van der Waals surface area contributed by atoms with Gasteiger partial charge in [-0.3, -0.25) is 14.8 Å². The summed E-state index contributed by atoms with van der Waals surface area (Å²) in [5.74, 6) is -0.139. The number of anilines is 1. The average Bonchev–Trinajstić information content (AvgIpc) is 2.88. The highest BCUT2D eigenvalue weighted by Gasteiger charge is 2.11. The van der Waals surface area contributed by atoms with Gasteiger partial charge in [0.2, 0.25) is 0 Å². The van der Waals surface area contributed by atoms with E-state index in [1.54, 1.807) is 25.0 Å². The zero-order chi connectivity index (χ0) is 13.0. The Labute approximate surface area is 109 Å².